The molecule has 30 heavy (non-hydrogen) atoms. The maximum Gasteiger partial charge on any atom is 0.158 e. The van der Waals surface area contributed by atoms with Gasteiger partial charge in [0.25, 0.3) is 0 Å². The number of anilines is 3. The third-order valence-electron chi connectivity index (χ3n) is 6.32. The summed E-state index contributed by atoms with van der Waals surface area (Å²) in [4.78, 5) is 12.3. The van der Waals surface area contributed by atoms with Crippen molar-refractivity contribution >= 4 is 40.7 Å². The molecule has 1 aliphatic heterocycles. The fourth-order valence-corrected chi connectivity index (χ4v) is 5.18. The van der Waals surface area contributed by atoms with Crippen LogP contribution in [0.1, 0.15) is 46.0 Å². The van der Waals surface area contributed by atoms with E-state index in [1.165, 1.54) is 31.0 Å². The quantitative estimate of drug-likeness (QED) is 0.587. The zero-order chi connectivity index (χ0) is 21.3. The number of hydrogen-bond donors (Lipinski definition) is 3. The molecule has 1 saturated carbocycles. The number of hydrogen-bond acceptors (Lipinski definition) is 7. The van der Waals surface area contributed by atoms with Crippen molar-refractivity contribution in [2.24, 2.45) is 11.7 Å². The summed E-state index contributed by atoms with van der Waals surface area (Å²) in [5, 5.41) is 4.97. The van der Waals surface area contributed by atoms with Crippen molar-refractivity contribution in [1.82, 2.24) is 9.97 Å². The molecule has 1 aromatic carbocycles. The standard InChI is InChI=1S/C22H31ClN6S/c1-3-14-11-15(12-14)27-16-5-4-6-17(19(16)23)30-21-20(24)28-18(13-26-21)29-9-7-22(2,25)8-10-29/h4-6,13-15,27H,3,7-12,25H2,1-2H3,(H2,24,28). The molecule has 2 fully saturated rings. The number of piperidine rings is 1. The Morgan fingerprint density at radius 3 is 2.70 bits per heavy atom. The molecule has 1 aliphatic carbocycles. The number of nitrogens with zero attached hydrogens (tertiary/aromatic N) is 3. The summed E-state index contributed by atoms with van der Waals surface area (Å²) in [5.74, 6) is 2.08. The highest BCUT2D eigenvalue weighted by Crippen LogP contribution is 2.40. The number of nitrogen functional groups attached to an aromatic ring is 1. The second kappa shape index (κ2) is 8.81. The summed E-state index contributed by atoms with van der Waals surface area (Å²) >= 11 is 8.15. The molecule has 2 aliphatic rings. The van der Waals surface area contributed by atoms with E-state index in [9.17, 15) is 0 Å². The van der Waals surface area contributed by atoms with Gasteiger partial charge in [-0.25, -0.2) is 9.97 Å². The number of benzene rings is 1. The van der Waals surface area contributed by atoms with Gasteiger partial charge in [0.2, 0.25) is 0 Å². The fraction of sp³-hybridized carbons (Fsp3) is 0.545. The Kier molecular flexibility index (Phi) is 6.32. The molecule has 2 aromatic rings. The van der Waals surface area contributed by atoms with Crippen LogP contribution < -0.4 is 21.7 Å². The van der Waals surface area contributed by atoms with Crippen LogP contribution in [0.3, 0.4) is 0 Å². The van der Waals surface area contributed by atoms with E-state index in [4.69, 9.17) is 23.1 Å². The van der Waals surface area contributed by atoms with Crippen LogP contribution in [0.2, 0.25) is 5.02 Å². The van der Waals surface area contributed by atoms with E-state index in [1.54, 1.807) is 6.20 Å². The number of halogens is 1. The first-order valence-electron chi connectivity index (χ1n) is 10.7. The third-order valence-corrected chi connectivity index (χ3v) is 7.91. The molecule has 0 unspecified atom stereocenters. The van der Waals surface area contributed by atoms with Gasteiger partial charge in [0, 0.05) is 29.6 Å². The van der Waals surface area contributed by atoms with E-state index in [1.807, 2.05) is 18.2 Å². The lowest BCUT2D eigenvalue weighted by Gasteiger charge is -2.37. The summed E-state index contributed by atoms with van der Waals surface area (Å²) in [6.07, 6.45) is 7.33. The second-order valence-corrected chi connectivity index (χ2v) is 10.3. The van der Waals surface area contributed by atoms with Gasteiger partial charge in [-0.3, -0.25) is 0 Å². The van der Waals surface area contributed by atoms with E-state index >= 15 is 0 Å². The van der Waals surface area contributed by atoms with E-state index in [0.717, 1.165) is 48.2 Å². The minimum absolute atomic E-state index is 0.0992. The maximum absolute atomic E-state index is 6.69. The highest BCUT2D eigenvalue weighted by atomic mass is 35.5. The van der Waals surface area contributed by atoms with Crippen molar-refractivity contribution < 1.29 is 0 Å². The molecule has 0 atom stereocenters. The summed E-state index contributed by atoms with van der Waals surface area (Å²) in [6.45, 7) is 6.09. The Morgan fingerprint density at radius 2 is 2.03 bits per heavy atom. The van der Waals surface area contributed by atoms with Crippen LogP contribution in [0, 0.1) is 5.92 Å². The van der Waals surface area contributed by atoms with Crippen molar-refractivity contribution in [3.8, 4) is 0 Å². The Balaban J connectivity index is 1.43. The van der Waals surface area contributed by atoms with Crippen molar-refractivity contribution in [3.05, 3.63) is 29.4 Å². The number of nitrogens with two attached hydrogens (primary N) is 2. The monoisotopic (exact) mass is 446 g/mol. The summed E-state index contributed by atoms with van der Waals surface area (Å²) < 4.78 is 0. The highest BCUT2D eigenvalue weighted by molar-refractivity contribution is 7.99. The summed E-state index contributed by atoms with van der Waals surface area (Å²) in [6, 6.07) is 6.56. The van der Waals surface area contributed by atoms with Crippen LogP contribution in [-0.4, -0.2) is 34.6 Å². The van der Waals surface area contributed by atoms with Gasteiger partial charge in [0.05, 0.1) is 16.9 Å². The van der Waals surface area contributed by atoms with Crippen LogP contribution in [-0.2, 0) is 0 Å². The molecule has 5 N–H and O–H groups in total. The average Bonchev–Trinajstić information content (AvgIpc) is 2.68. The van der Waals surface area contributed by atoms with Crippen molar-refractivity contribution in [2.75, 3.05) is 29.0 Å². The van der Waals surface area contributed by atoms with Gasteiger partial charge in [-0.1, -0.05) is 42.8 Å². The van der Waals surface area contributed by atoms with E-state index in [0.29, 0.717) is 21.9 Å². The number of rotatable bonds is 6. The minimum Gasteiger partial charge on any atom is -0.381 e. The van der Waals surface area contributed by atoms with E-state index in [2.05, 4.69) is 34.0 Å². The van der Waals surface area contributed by atoms with Crippen molar-refractivity contribution in [3.63, 3.8) is 0 Å². The van der Waals surface area contributed by atoms with Crippen LogP contribution in [0.25, 0.3) is 0 Å². The Morgan fingerprint density at radius 1 is 1.30 bits per heavy atom. The molecule has 0 radical (unpaired) electrons. The van der Waals surface area contributed by atoms with Crippen LogP contribution in [0.4, 0.5) is 17.3 Å². The maximum atomic E-state index is 6.69. The molecular formula is C22H31ClN6S. The normalized spacial score (nSPS) is 23.1. The van der Waals surface area contributed by atoms with Crippen molar-refractivity contribution in [2.45, 2.75) is 67.5 Å². The molecule has 4 rings (SSSR count). The first-order chi connectivity index (χ1) is 14.3. The Hall–Kier alpha value is -1.70. The Labute approximate surface area is 188 Å². The Bertz CT molecular complexity index is 889. The van der Waals surface area contributed by atoms with E-state index < -0.39 is 0 Å². The minimum atomic E-state index is -0.0992. The molecule has 2 heterocycles. The lowest BCUT2D eigenvalue weighted by atomic mass is 9.78. The molecule has 6 nitrogen and oxygen atoms in total. The lowest BCUT2D eigenvalue weighted by Crippen LogP contribution is -2.48. The van der Waals surface area contributed by atoms with Gasteiger partial charge < -0.3 is 21.7 Å². The van der Waals surface area contributed by atoms with Crippen LogP contribution in [0.5, 0.6) is 0 Å². The van der Waals surface area contributed by atoms with Gasteiger partial charge in [-0.15, -0.1) is 0 Å². The predicted molar refractivity (Wildman–Crippen MR) is 126 cm³/mol. The SMILES string of the molecule is CCC1CC(Nc2cccc(Sc3ncc(N4CCC(C)(N)CC4)nc3N)c2Cl)C1. The number of aromatic nitrogens is 2. The summed E-state index contributed by atoms with van der Waals surface area (Å²) in [5.41, 5.74) is 13.4. The van der Waals surface area contributed by atoms with Gasteiger partial charge in [-0.2, -0.15) is 0 Å². The van der Waals surface area contributed by atoms with Crippen LogP contribution in [0.15, 0.2) is 34.3 Å². The molecule has 1 aromatic heterocycles. The first kappa shape index (κ1) is 21.5. The second-order valence-electron chi connectivity index (χ2n) is 8.87. The molecule has 162 valence electrons. The first-order valence-corrected chi connectivity index (χ1v) is 11.9. The zero-order valence-corrected chi connectivity index (χ0v) is 19.3. The van der Waals surface area contributed by atoms with Gasteiger partial charge >= 0.3 is 0 Å². The zero-order valence-electron chi connectivity index (χ0n) is 17.7. The molecule has 0 bridgehead atoms. The van der Waals surface area contributed by atoms with Gasteiger partial charge in [0.15, 0.2) is 5.82 Å². The molecule has 0 amide bonds. The molecule has 0 spiro atoms. The summed E-state index contributed by atoms with van der Waals surface area (Å²) in [7, 11) is 0. The topological polar surface area (TPSA) is 93.1 Å². The fourth-order valence-electron chi connectivity index (χ4n) is 4.07. The largest absolute Gasteiger partial charge is 0.381 e. The van der Waals surface area contributed by atoms with E-state index in [-0.39, 0.29) is 5.54 Å². The van der Waals surface area contributed by atoms with Gasteiger partial charge in [-0.05, 0) is 50.7 Å². The highest BCUT2D eigenvalue weighted by Gasteiger charge is 2.28. The van der Waals surface area contributed by atoms with Crippen molar-refractivity contribution in [1.29, 1.82) is 0 Å². The third kappa shape index (κ3) is 4.79. The smallest absolute Gasteiger partial charge is 0.158 e. The molecule has 1 saturated heterocycles. The van der Waals surface area contributed by atoms with Gasteiger partial charge in [0.1, 0.15) is 10.8 Å². The molecule has 8 heteroatoms. The molecular weight excluding hydrogens is 416 g/mol. The van der Waals surface area contributed by atoms with Crippen LogP contribution >= 0.6 is 23.4 Å². The number of nitrogens with one attached hydrogen (secondary N) is 1. The average molecular weight is 447 g/mol. The predicted octanol–water partition coefficient (Wildman–Crippen LogP) is 4.78. The lowest BCUT2D eigenvalue weighted by molar-refractivity contribution is 0.275.